The highest BCUT2D eigenvalue weighted by atomic mass is 28.3. The lowest BCUT2D eigenvalue weighted by atomic mass is 9.86. The summed E-state index contributed by atoms with van der Waals surface area (Å²) in [5, 5.41) is 12.0. The van der Waals surface area contributed by atoms with Crippen LogP contribution < -0.4 is 5.43 Å². The predicted octanol–water partition coefficient (Wildman–Crippen LogP) is 5.13. The minimum absolute atomic E-state index is 0.122. The maximum absolute atomic E-state index is 13.2. The summed E-state index contributed by atoms with van der Waals surface area (Å²) in [4.78, 5) is 38.6. The van der Waals surface area contributed by atoms with E-state index in [-0.39, 0.29) is 26.1 Å². The molecule has 198 valence electrons. The first-order valence-electron chi connectivity index (χ1n) is 12.8. The zero-order valence-electron chi connectivity index (χ0n) is 22.5. The SMILES string of the molecule is CC[C@@](O)(C(=O)OCC[Si](C)(C)C)N(NC(=O)OCC[Si](C)(C)C)C(=O)CCC1CCCCC1. The summed E-state index contributed by atoms with van der Waals surface area (Å²) in [6, 6.07) is 1.51. The maximum atomic E-state index is 13.2. The molecule has 0 aromatic rings. The Morgan fingerprint density at radius 1 is 0.941 bits per heavy atom. The van der Waals surface area contributed by atoms with Crippen molar-refractivity contribution in [2.75, 3.05) is 13.2 Å². The van der Waals surface area contributed by atoms with Gasteiger partial charge in [0.25, 0.3) is 5.72 Å². The van der Waals surface area contributed by atoms with Crippen molar-refractivity contribution in [3.8, 4) is 0 Å². The second-order valence-corrected chi connectivity index (χ2v) is 23.2. The van der Waals surface area contributed by atoms with Gasteiger partial charge in [0.1, 0.15) is 0 Å². The van der Waals surface area contributed by atoms with E-state index in [2.05, 4.69) is 44.7 Å². The summed E-state index contributed by atoms with van der Waals surface area (Å²) in [5.74, 6) is -0.998. The second kappa shape index (κ2) is 13.6. The van der Waals surface area contributed by atoms with Gasteiger partial charge in [-0.3, -0.25) is 4.79 Å². The molecule has 0 aromatic heterocycles. The van der Waals surface area contributed by atoms with Crippen LogP contribution in [0.5, 0.6) is 0 Å². The molecule has 1 aliphatic carbocycles. The summed E-state index contributed by atoms with van der Waals surface area (Å²) < 4.78 is 10.6. The Morgan fingerprint density at radius 3 is 1.97 bits per heavy atom. The Balaban J connectivity index is 2.93. The minimum Gasteiger partial charge on any atom is -0.462 e. The van der Waals surface area contributed by atoms with Gasteiger partial charge in [0.05, 0.1) is 13.2 Å². The molecular weight excluding hydrogens is 468 g/mol. The third kappa shape index (κ3) is 11.4. The van der Waals surface area contributed by atoms with Crippen LogP contribution in [0.1, 0.15) is 58.3 Å². The number of rotatable bonds is 12. The largest absolute Gasteiger partial charge is 0.462 e. The van der Waals surface area contributed by atoms with Gasteiger partial charge in [0, 0.05) is 29.0 Å². The van der Waals surface area contributed by atoms with Gasteiger partial charge in [-0.1, -0.05) is 78.3 Å². The number of amides is 2. The molecule has 1 saturated carbocycles. The average molecular weight is 517 g/mol. The molecule has 0 heterocycles. The van der Waals surface area contributed by atoms with E-state index in [9.17, 15) is 19.5 Å². The van der Waals surface area contributed by atoms with Crippen LogP contribution in [0.25, 0.3) is 0 Å². The summed E-state index contributed by atoms with van der Waals surface area (Å²) in [5.41, 5.74) is 0.0750. The number of esters is 1. The van der Waals surface area contributed by atoms with Crippen molar-refractivity contribution in [1.82, 2.24) is 10.4 Å². The molecule has 0 aliphatic heterocycles. The van der Waals surface area contributed by atoms with Crippen molar-refractivity contribution in [3.63, 3.8) is 0 Å². The molecule has 2 N–H and O–H groups in total. The van der Waals surface area contributed by atoms with Gasteiger partial charge in [0.2, 0.25) is 5.91 Å². The maximum Gasteiger partial charge on any atom is 0.426 e. The van der Waals surface area contributed by atoms with Gasteiger partial charge in [0.15, 0.2) is 0 Å². The summed E-state index contributed by atoms with van der Waals surface area (Å²) in [6.45, 7) is 15.0. The molecule has 1 fully saturated rings. The molecule has 2 amide bonds. The van der Waals surface area contributed by atoms with Crippen LogP contribution in [-0.2, 0) is 19.1 Å². The Labute approximate surface area is 208 Å². The zero-order chi connectivity index (χ0) is 26.0. The van der Waals surface area contributed by atoms with E-state index in [0.29, 0.717) is 12.3 Å². The summed E-state index contributed by atoms with van der Waals surface area (Å²) in [6.07, 6.45) is 5.51. The van der Waals surface area contributed by atoms with Gasteiger partial charge in [-0.25, -0.2) is 20.0 Å². The zero-order valence-corrected chi connectivity index (χ0v) is 24.5. The molecular formula is C24H48N2O6Si2. The number of hydrogen-bond acceptors (Lipinski definition) is 6. The molecule has 0 bridgehead atoms. The number of nitrogens with one attached hydrogen (secondary N) is 1. The standard InChI is InChI=1S/C24H48N2O6Si2/c1-8-24(30,22(28)31-16-18-33(2,3)4)26(25-23(29)32-17-19-34(5,6)7)21(27)15-14-20-12-10-9-11-13-20/h20,30H,8-19H2,1-7H3,(H,25,29)/t24-/m1/s1. The second-order valence-electron chi connectivity index (χ2n) is 11.9. The van der Waals surface area contributed by atoms with Gasteiger partial charge in [-0.05, 0) is 24.4 Å². The predicted molar refractivity (Wildman–Crippen MR) is 140 cm³/mol. The first-order valence-corrected chi connectivity index (χ1v) is 20.3. The number of aliphatic hydroxyl groups is 1. The normalized spacial score (nSPS) is 16.9. The molecule has 0 radical (unpaired) electrons. The van der Waals surface area contributed by atoms with E-state index in [0.717, 1.165) is 42.8 Å². The topological polar surface area (TPSA) is 105 Å². The van der Waals surface area contributed by atoms with Crippen molar-refractivity contribution in [2.24, 2.45) is 5.92 Å². The van der Waals surface area contributed by atoms with E-state index >= 15 is 0 Å². The first-order chi connectivity index (χ1) is 15.7. The molecule has 0 unspecified atom stereocenters. The van der Waals surface area contributed by atoms with Gasteiger partial charge in [-0.15, -0.1) is 0 Å². The van der Waals surface area contributed by atoms with Crippen LogP contribution in [0.15, 0.2) is 0 Å². The van der Waals surface area contributed by atoms with Crippen LogP contribution >= 0.6 is 0 Å². The molecule has 0 spiro atoms. The fourth-order valence-electron chi connectivity index (χ4n) is 3.81. The lowest BCUT2D eigenvalue weighted by Gasteiger charge is -2.36. The highest BCUT2D eigenvalue weighted by Gasteiger charge is 2.46. The van der Waals surface area contributed by atoms with Crippen LogP contribution in [0, 0.1) is 5.92 Å². The fraction of sp³-hybridized carbons (Fsp3) is 0.875. The van der Waals surface area contributed by atoms with E-state index in [1.54, 1.807) is 6.92 Å². The highest BCUT2D eigenvalue weighted by Crippen LogP contribution is 2.28. The molecule has 1 rings (SSSR count). The van der Waals surface area contributed by atoms with E-state index in [1.807, 2.05) is 0 Å². The molecule has 34 heavy (non-hydrogen) atoms. The fourth-order valence-corrected chi connectivity index (χ4v) is 5.24. The number of carbonyl (C=O) groups is 3. The van der Waals surface area contributed by atoms with Crippen molar-refractivity contribution in [1.29, 1.82) is 0 Å². The van der Waals surface area contributed by atoms with Gasteiger partial charge in [-0.2, -0.15) is 0 Å². The summed E-state index contributed by atoms with van der Waals surface area (Å²) >= 11 is 0. The van der Waals surface area contributed by atoms with E-state index < -0.39 is 39.8 Å². The Morgan fingerprint density at radius 2 is 1.47 bits per heavy atom. The van der Waals surface area contributed by atoms with Gasteiger partial charge >= 0.3 is 12.1 Å². The number of hydrazine groups is 1. The number of carbonyl (C=O) groups excluding carboxylic acids is 3. The first kappa shape index (κ1) is 30.6. The molecule has 10 heteroatoms. The van der Waals surface area contributed by atoms with Crippen LogP contribution in [0.3, 0.4) is 0 Å². The monoisotopic (exact) mass is 516 g/mol. The highest BCUT2D eigenvalue weighted by molar-refractivity contribution is 6.76. The third-order valence-corrected chi connectivity index (χ3v) is 9.71. The van der Waals surface area contributed by atoms with E-state index in [4.69, 9.17) is 9.47 Å². The third-order valence-electron chi connectivity index (χ3n) is 6.30. The average Bonchev–Trinajstić information content (AvgIpc) is 2.74. The molecule has 0 saturated heterocycles. The van der Waals surface area contributed by atoms with Crippen LogP contribution in [0.4, 0.5) is 4.79 Å². The lowest BCUT2D eigenvalue weighted by molar-refractivity contribution is -0.200. The van der Waals surface area contributed by atoms with Crippen LogP contribution in [-0.4, -0.2) is 63.2 Å². The smallest absolute Gasteiger partial charge is 0.426 e. The molecule has 8 nitrogen and oxygen atoms in total. The number of hydrogen-bond donors (Lipinski definition) is 2. The Kier molecular flexibility index (Phi) is 12.3. The Hall–Kier alpha value is -1.40. The quantitative estimate of drug-likeness (QED) is 0.161. The van der Waals surface area contributed by atoms with Crippen molar-refractivity contribution < 1.29 is 29.0 Å². The van der Waals surface area contributed by atoms with Crippen molar-refractivity contribution in [2.45, 2.75) is 115 Å². The molecule has 1 atom stereocenters. The summed E-state index contributed by atoms with van der Waals surface area (Å²) in [7, 11) is -2.87. The van der Waals surface area contributed by atoms with Crippen molar-refractivity contribution in [3.05, 3.63) is 0 Å². The number of ether oxygens (including phenoxy) is 2. The molecule has 0 aromatic carbocycles. The van der Waals surface area contributed by atoms with Crippen LogP contribution in [0.2, 0.25) is 51.4 Å². The van der Waals surface area contributed by atoms with Crippen molar-refractivity contribution >= 4 is 34.1 Å². The molecule has 1 aliphatic rings. The number of nitrogens with zero attached hydrogens (tertiary/aromatic N) is 1. The van der Waals surface area contributed by atoms with Gasteiger partial charge < -0.3 is 14.6 Å². The Bertz CT molecular complexity index is 671. The minimum atomic E-state index is -2.29. The van der Waals surface area contributed by atoms with E-state index in [1.165, 1.54) is 6.42 Å². The lowest BCUT2D eigenvalue weighted by Crippen LogP contribution is -2.64.